The summed E-state index contributed by atoms with van der Waals surface area (Å²) in [5.74, 6) is -2.07. The Hall–Kier alpha value is -4.75. The van der Waals surface area contributed by atoms with Crippen LogP contribution >= 0.6 is 11.6 Å². The Balaban J connectivity index is 1.66. The highest BCUT2D eigenvalue weighted by Gasteiger charge is 2.37. The van der Waals surface area contributed by atoms with E-state index in [-0.39, 0.29) is 39.9 Å². The summed E-state index contributed by atoms with van der Waals surface area (Å²) in [6, 6.07) is 13.0. The number of hydrogen-bond donors (Lipinski definition) is 1. The first-order valence-electron chi connectivity index (χ1n) is 11.1. The van der Waals surface area contributed by atoms with E-state index in [1.54, 1.807) is 6.92 Å². The molecular formula is C25H18ClN3O9S. The predicted molar refractivity (Wildman–Crippen MR) is 139 cm³/mol. The van der Waals surface area contributed by atoms with Gasteiger partial charge in [0.2, 0.25) is 0 Å². The molecule has 39 heavy (non-hydrogen) atoms. The smallest absolute Gasteiger partial charge is 0.339 e. The number of anilines is 1. The molecule has 1 saturated heterocycles. The van der Waals surface area contributed by atoms with Crippen LogP contribution in [0.4, 0.5) is 16.2 Å². The second-order valence-corrected chi connectivity index (χ2v) is 9.84. The molecule has 14 heteroatoms. The fraction of sp³-hybridized carbons (Fsp3) is 0.0800. The lowest BCUT2D eigenvalue weighted by Gasteiger charge is -2.26. The number of halogens is 1. The van der Waals surface area contributed by atoms with E-state index in [0.29, 0.717) is 9.92 Å². The summed E-state index contributed by atoms with van der Waals surface area (Å²) in [4.78, 5) is 48.8. The first-order chi connectivity index (χ1) is 18.5. The molecule has 0 saturated carbocycles. The zero-order valence-electron chi connectivity index (χ0n) is 20.0. The number of non-ortho nitro benzene ring substituents is 1. The Labute approximate surface area is 226 Å². The number of nitro benzene ring substituents is 1. The van der Waals surface area contributed by atoms with Gasteiger partial charge in [0, 0.05) is 17.2 Å². The molecule has 0 unspecified atom stereocenters. The van der Waals surface area contributed by atoms with Crippen LogP contribution in [0.25, 0.3) is 6.08 Å². The molecular weight excluding hydrogens is 554 g/mol. The number of carbonyl (C=O) groups is 3. The number of nitrogens with one attached hydrogen (secondary N) is 1. The molecule has 0 aliphatic carbocycles. The number of carbonyl (C=O) groups excluding carboxylic acids is 3. The summed E-state index contributed by atoms with van der Waals surface area (Å²) in [6.07, 6.45) is 1.18. The third-order valence-electron chi connectivity index (χ3n) is 5.30. The maximum atomic E-state index is 13.1. The lowest BCUT2D eigenvalue weighted by Crippen LogP contribution is -2.54. The molecule has 3 aromatic carbocycles. The van der Waals surface area contributed by atoms with Crippen LogP contribution in [-0.4, -0.2) is 37.8 Å². The minimum Gasteiger partial charge on any atom is -0.490 e. The summed E-state index contributed by atoms with van der Waals surface area (Å²) in [6.45, 7) is 1.80. The average molecular weight is 572 g/mol. The summed E-state index contributed by atoms with van der Waals surface area (Å²) >= 11 is 5.82. The minimum absolute atomic E-state index is 0.00709. The summed E-state index contributed by atoms with van der Waals surface area (Å²) in [5, 5.41) is 13.3. The van der Waals surface area contributed by atoms with Crippen molar-refractivity contribution in [3.05, 3.63) is 93.0 Å². The number of imide groups is 2. The number of benzene rings is 3. The SMILES string of the molecule is CCOc1cc(/C=C2\C(=O)NC(=O)N(c3ccc([N+](=O)[O-])cc3)C2=O)ccc1OS(=O)(=O)c1ccc(Cl)cc1. The highest BCUT2D eigenvalue weighted by atomic mass is 35.5. The molecule has 0 bridgehead atoms. The Bertz CT molecular complexity index is 1620. The van der Waals surface area contributed by atoms with E-state index in [0.717, 1.165) is 12.1 Å². The summed E-state index contributed by atoms with van der Waals surface area (Å²) < 4.78 is 36.2. The van der Waals surface area contributed by atoms with Crippen molar-refractivity contribution in [2.45, 2.75) is 11.8 Å². The molecule has 0 spiro atoms. The summed E-state index contributed by atoms with van der Waals surface area (Å²) in [5.41, 5.74) is -0.406. The van der Waals surface area contributed by atoms with Crippen molar-refractivity contribution in [2.75, 3.05) is 11.5 Å². The third kappa shape index (κ3) is 5.89. The number of barbiturate groups is 1. The lowest BCUT2D eigenvalue weighted by atomic mass is 10.1. The first kappa shape index (κ1) is 27.3. The van der Waals surface area contributed by atoms with Crippen LogP contribution in [0.2, 0.25) is 5.02 Å². The van der Waals surface area contributed by atoms with Gasteiger partial charge in [0.25, 0.3) is 17.5 Å². The number of amides is 4. The van der Waals surface area contributed by atoms with Crippen LogP contribution in [0.1, 0.15) is 12.5 Å². The minimum atomic E-state index is -4.24. The Kier molecular flexibility index (Phi) is 7.65. The van der Waals surface area contributed by atoms with Gasteiger partial charge in [-0.2, -0.15) is 8.42 Å². The van der Waals surface area contributed by atoms with Crippen LogP contribution in [-0.2, 0) is 19.7 Å². The van der Waals surface area contributed by atoms with Crippen molar-refractivity contribution in [1.29, 1.82) is 0 Å². The van der Waals surface area contributed by atoms with E-state index in [2.05, 4.69) is 5.32 Å². The van der Waals surface area contributed by atoms with Gasteiger partial charge in [-0.25, -0.2) is 9.69 Å². The van der Waals surface area contributed by atoms with Crippen LogP contribution in [0.5, 0.6) is 11.5 Å². The van der Waals surface area contributed by atoms with Gasteiger partial charge in [-0.1, -0.05) is 17.7 Å². The monoisotopic (exact) mass is 571 g/mol. The van der Waals surface area contributed by atoms with Crippen molar-refractivity contribution in [3.8, 4) is 11.5 Å². The molecule has 0 atom stereocenters. The number of ether oxygens (including phenoxy) is 1. The van der Waals surface area contributed by atoms with Crippen LogP contribution in [0.3, 0.4) is 0 Å². The van der Waals surface area contributed by atoms with Gasteiger partial charge in [-0.3, -0.25) is 25.0 Å². The molecule has 1 aliphatic heterocycles. The number of rotatable bonds is 8. The topological polar surface area (TPSA) is 162 Å². The Morgan fingerprint density at radius 3 is 2.28 bits per heavy atom. The molecule has 1 N–H and O–H groups in total. The van der Waals surface area contributed by atoms with Crippen molar-refractivity contribution >= 4 is 57.0 Å². The number of nitrogens with zero attached hydrogens (tertiary/aromatic N) is 2. The number of hydrogen-bond acceptors (Lipinski definition) is 9. The Morgan fingerprint density at radius 1 is 1.00 bits per heavy atom. The maximum absolute atomic E-state index is 13.1. The van der Waals surface area contributed by atoms with Crippen molar-refractivity contribution < 1.29 is 36.6 Å². The zero-order chi connectivity index (χ0) is 28.3. The zero-order valence-corrected chi connectivity index (χ0v) is 21.6. The lowest BCUT2D eigenvalue weighted by molar-refractivity contribution is -0.384. The fourth-order valence-electron chi connectivity index (χ4n) is 3.50. The van der Waals surface area contributed by atoms with Crippen LogP contribution in [0, 0.1) is 10.1 Å². The van der Waals surface area contributed by atoms with E-state index in [9.17, 15) is 32.9 Å². The first-order valence-corrected chi connectivity index (χ1v) is 12.9. The maximum Gasteiger partial charge on any atom is 0.339 e. The standard InChI is InChI=1S/C25H18ClN3O9S/c1-2-37-22-14-15(3-12-21(22)38-39(35,36)19-10-4-16(26)5-11-19)13-20-23(30)27-25(32)28(24(20)31)17-6-8-18(9-7-17)29(33)34/h3-14H,2H2,1H3,(H,27,30,32)/b20-13+. The molecule has 0 radical (unpaired) electrons. The fourth-order valence-corrected chi connectivity index (χ4v) is 4.57. The highest BCUT2D eigenvalue weighted by Crippen LogP contribution is 2.33. The predicted octanol–water partition coefficient (Wildman–Crippen LogP) is 4.08. The van der Waals surface area contributed by atoms with Gasteiger partial charge in [-0.15, -0.1) is 0 Å². The molecule has 4 amide bonds. The average Bonchev–Trinajstić information content (AvgIpc) is 2.88. The van der Waals surface area contributed by atoms with Gasteiger partial charge < -0.3 is 8.92 Å². The van der Waals surface area contributed by atoms with Crippen molar-refractivity contribution in [2.24, 2.45) is 0 Å². The molecule has 200 valence electrons. The largest absolute Gasteiger partial charge is 0.490 e. The van der Waals surface area contributed by atoms with Gasteiger partial charge in [0.1, 0.15) is 10.5 Å². The third-order valence-corrected chi connectivity index (χ3v) is 6.80. The van der Waals surface area contributed by atoms with Gasteiger partial charge in [0.15, 0.2) is 11.5 Å². The van der Waals surface area contributed by atoms with E-state index < -0.39 is 38.5 Å². The van der Waals surface area contributed by atoms with E-state index in [4.69, 9.17) is 20.5 Å². The molecule has 3 aromatic rings. The molecule has 1 heterocycles. The van der Waals surface area contributed by atoms with Gasteiger partial charge >= 0.3 is 16.1 Å². The molecule has 0 aromatic heterocycles. The van der Waals surface area contributed by atoms with E-state index in [1.807, 2.05) is 0 Å². The number of nitro groups is 1. The van der Waals surface area contributed by atoms with Crippen LogP contribution in [0.15, 0.2) is 77.2 Å². The number of urea groups is 1. The van der Waals surface area contributed by atoms with E-state index >= 15 is 0 Å². The van der Waals surface area contributed by atoms with Crippen LogP contribution < -0.4 is 19.1 Å². The summed E-state index contributed by atoms with van der Waals surface area (Å²) in [7, 11) is -4.24. The van der Waals surface area contributed by atoms with Crippen molar-refractivity contribution in [1.82, 2.24) is 5.32 Å². The second kappa shape index (κ2) is 10.9. The molecule has 1 fully saturated rings. The quantitative estimate of drug-likeness (QED) is 0.138. The molecule has 1 aliphatic rings. The van der Waals surface area contributed by atoms with Gasteiger partial charge in [-0.05, 0) is 67.1 Å². The normalized spacial score (nSPS) is 14.8. The van der Waals surface area contributed by atoms with Gasteiger partial charge in [0.05, 0.1) is 17.2 Å². The highest BCUT2D eigenvalue weighted by molar-refractivity contribution is 7.87. The second-order valence-electron chi connectivity index (χ2n) is 7.86. The molecule has 12 nitrogen and oxygen atoms in total. The van der Waals surface area contributed by atoms with E-state index in [1.165, 1.54) is 60.7 Å². The molecule has 4 rings (SSSR count). The Morgan fingerprint density at radius 2 is 1.67 bits per heavy atom. The van der Waals surface area contributed by atoms with Crippen molar-refractivity contribution in [3.63, 3.8) is 0 Å².